The zero-order valence-electron chi connectivity index (χ0n) is 9.93. The van der Waals surface area contributed by atoms with E-state index in [2.05, 4.69) is 6.07 Å². The van der Waals surface area contributed by atoms with Crippen molar-refractivity contribution < 1.29 is 4.74 Å². The number of benzene rings is 2. The van der Waals surface area contributed by atoms with Gasteiger partial charge in [-0.25, -0.2) is 0 Å². The predicted molar refractivity (Wildman–Crippen MR) is 72.0 cm³/mol. The first-order valence-corrected chi connectivity index (χ1v) is 6.00. The summed E-state index contributed by atoms with van der Waals surface area (Å²) in [5, 5.41) is 9.57. The molecule has 2 nitrogen and oxygen atoms in total. The van der Waals surface area contributed by atoms with Crippen LogP contribution in [0.2, 0.25) is 5.02 Å². The maximum Gasteiger partial charge on any atom is 0.127 e. The molecule has 0 fully saturated rings. The average molecular weight is 258 g/mol. The van der Waals surface area contributed by atoms with E-state index in [0.717, 1.165) is 17.1 Å². The molecule has 0 bridgehead atoms. The van der Waals surface area contributed by atoms with E-state index in [9.17, 15) is 0 Å². The molecular formula is C15H12ClNO. The zero-order chi connectivity index (χ0) is 13.0. The second-order valence-corrected chi connectivity index (χ2v) is 4.42. The average Bonchev–Trinajstić information content (AvgIpc) is 2.41. The Kier molecular flexibility index (Phi) is 3.86. The van der Waals surface area contributed by atoms with Gasteiger partial charge >= 0.3 is 0 Å². The van der Waals surface area contributed by atoms with Crippen LogP contribution in [0.1, 0.15) is 18.4 Å². The van der Waals surface area contributed by atoms with Crippen molar-refractivity contribution in [3.63, 3.8) is 0 Å². The highest BCUT2D eigenvalue weighted by atomic mass is 35.5. The maximum atomic E-state index is 8.89. The SMILES string of the molecule is CC(C#N)c1cccc(Oc2ccc(Cl)cc2)c1. The van der Waals surface area contributed by atoms with Crippen LogP contribution in [0.25, 0.3) is 0 Å². The van der Waals surface area contributed by atoms with Gasteiger partial charge in [0.1, 0.15) is 11.5 Å². The number of nitrogens with zero attached hydrogens (tertiary/aromatic N) is 1. The van der Waals surface area contributed by atoms with Crippen molar-refractivity contribution in [2.45, 2.75) is 12.8 Å². The summed E-state index contributed by atoms with van der Waals surface area (Å²) in [5.41, 5.74) is 0.948. The van der Waals surface area contributed by atoms with Crippen LogP contribution >= 0.6 is 11.6 Å². The first-order valence-electron chi connectivity index (χ1n) is 5.62. The van der Waals surface area contributed by atoms with E-state index in [1.54, 1.807) is 12.1 Å². The van der Waals surface area contributed by atoms with Crippen LogP contribution in [-0.4, -0.2) is 0 Å². The van der Waals surface area contributed by atoms with E-state index in [-0.39, 0.29) is 5.92 Å². The minimum Gasteiger partial charge on any atom is -0.457 e. The first kappa shape index (κ1) is 12.5. The predicted octanol–water partition coefficient (Wildman–Crippen LogP) is 4.76. The van der Waals surface area contributed by atoms with Gasteiger partial charge in [-0.15, -0.1) is 0 Å². The molecule has 0 saturated heterocycles. The number of nitriles is 1. The summed E-state index contributed by atoms with van der Waals surface area (Å²) in [4.78, 5) is 0. The van der Waals surface area contributed by atoms with E-state index in [4.69, 9.17) is 21.6 Å². The third kappa shape index (κ3) is 3.03. The lowest BCUT2D eigenvalue weighted by Crippen LogP contribution is -1.90. The smallest absolute Gasteiger partial charge is 0.127 e. The molecule has 18 heavy (non-hydrogen) atoms. The summed E-state index contributed by atoms with van der Waals surface area (Å²) in [6.45, 7) is 1.86. The molecule has 0 spiro atoms. The lowest BCUT2D eigenvalue weighted by molar-refractivity contribution is 0.482. The topological polar surface area (TPSA) is 33.0 Å². The molecule has 0 aromatic heterocycles. The van der Waals surface area contributed by atoms with Crippen molar-refractivity contribution in [1.82, 2.24) is 0 Å². The lowest BCUT2D eigenvalue weighted by atomic mass is 10.0. The van der Waals surface area contributed by atoms with Crippen LogP contribution in [0.5, 0.6) is 11.5 Å². The molecule has 1 unspecified atom stereocenters. The molecule has 0 radical (unpaired) electrons. The van der Waals surface area contributed by atoms with E-state index >= 15 is 0 Å². The molecule has 2 aromatic carbocycles. The quantitative estimate of drug-likeness (QED) is 0.794. The van der Waals surface area contributed by atoms with Gasteiger partial charge in [0, 0.05) is 5.02 Å². The Morgan fingerprint density at radius 1 is 1.11 bits per heavy atom. The minimum absolute atomic E-state index is 0.140. The van der Waals surface area contributed by atoms with Crippen LogP contribution in [0, 0.1) is 11.3 Å². The number of hydrogen-bond donors (Lipinski definition) is 0. The second-order valence-electron chi connectivity index (χ2n) is 3.98. The van der Waals surface area contributed by atoms with E-state index in [0.29, 0.717) is 5.02 Å². The second kappa shape index (κ2) is 5.57. The van der Waals surface area contributed by atoms with E-state index in [1.165, 1.54) is 0 Å². The van der Waals surface area contributed by atoms with Gasteiger partial charge in [0.2, 0.25) is 0 Å². The molecule has 90 valence electrons. The molecule has 0 N–H and O–H groups in total. The largest absolute Gasteiger partial charge is 0.457 e. The van der Waals surface area contributed by atoms with Gasteiger partial charge in [-0.05, 0) is 48.9 Å². The van der Waals surface area contributed by atoms with Gasteiger partial charge in [-0.2, -0.15) is 5.26 Å². The van der Waals surface area contributed by atoms with Crippen molar-refractivity contribution in [2.24, 2.45) is 0 Å². The van der Waals surface area contributed by atoms with Gasteiger partial charge in [0.15, 0.2) is 0 Å². The van der Waals surface area contributed by atoms with E-state index < -0.39 is 0 Å². The molecule has 2 rings (SSSR count). The molecule has 0 heterocycles. The number of halogens is 1. The van der Waals surface area contributed by atoms with Crippen LogP contribution in [0.15, 0.2) is 48.5 Å². The fraction of sp³-hybridized carbons (Fsp3) is 0.133. The summed E-state index contributed by atoms with van der Waals surface area (Å²) in [7, 11) is 0. The number of ether oxygens (including phenoxy) is 1. The Balaban J connectivity index is 2.19. The highest BCUT2D eigenvalue weighted by molar-refractivity contribution is 6.30. The molecular weight excluding hydrogens is 246 g/mol. The van der Waals surface area contributed by atoms with Gasteiger partial charge in [0.05, 0.1) is 12.0 Å². The van der Waals surface area contributed by atoms with Crippen LogP contribution in [0.3, 0.4) is 0 Å². The molecule has 0 saturated carbocycles. The molecule has 0 amide bonds. The van der Waals surface area contributed by atoms with Crippen molar-refractivity contribution in [2.75, 3.05) is 0 Å². The summed E-state index contributed by atoms with van der Waals surface area (Å²) < 4.78 is 5.70. The monoisotopic (exact) mass is 257 g/mol. The van der Waals surface area contributed by atoms with E-state index in [1.807, 2.05) is 43.3 Å². The lowest BCUT2D eigenvalue weighted by Gasteiger charge is -2.08. The van der Waals surface area contributed by atoms with Crippen LogP contribution in [-0.2, 0) is 0 Å². The Hall–Kier alpha value is -1.98. The number of rotatable bonds is 3. The Bertz CT molecular complexity index is 572. The van der Waals surface area contributed by atoms with Gasteiger partial charge in [-0.1, -0.05) is 23.7 Å². The van der Waals surface area contributed by atoms with Crippen LogP contribution < -0.4 is 4.74 Å². The molecule has 0 aliphatic heterocycles. The minimum atomic E-state index is -0.140. The highest BCUT2D eigenvalue weighted by Crippen LogP contribution is 2.26. The fourth-order valence-electron chi connectivity index (χ4n) is 1.56. The highest BCUT2D eigenvalue weighted by Gasteiger charge is 2.05. The zero-order valence-corrected chi connectivity index (χ0v) is 10.7. The molecule has 0 aliphatic rings. The fourth-order valence-corrected chi connectivity index (χ4v) is 1.69. The normalized spacial score (nSPS) is 11.6. The summed E-state index contributed by atoms with van der Waals surface area (Å²) in [6, 6.07) is 16.9. The molecule has 0 aliphatic carbocycles. The molecule has 2 aromatic rings. The molecule has 1 atom stereocenters. The van der Waals surface area contributed by atoms with Gasteiger partial charge < -0.3 is 4.74 Å². The third-order valence-corrected chi connectivity index (χ3v) is 2.85. The number of hydrogen-bond acceptors (Lipinski definition) is 2. The van der Waals surface area contributed by atoms with Gasteiger partial charge in [0.25, 0.3) is 0 Å². The standard InChI is InChI=1S/C15H12ClNO/c1-11(10-17)12-3-2-4-15(9-12)18-14-7-5-13(16)6-8-14/h2-9,11H,1H3. The first-order chi connectivity index (χ1) is 8.69. The van der Waals surface area contributed by atoms with Gasteiger partial charge in [-0.3, -0.25) is 0 Å². The Morgan fingerprint density at radius 3 is 2.50 bits per heavy atom. The maximum absolute atomic E-state index is 8.89. The Morgan fingerprint density at radius 2 is 1.83 bits per heavy atom. The summed E-state index contributed by atoms with van der Waals surface area (Å²) >= 11 is 5.81. The summed E-state index contributed by atoms with van der Waals surface area (Å²) in [6.07, 6.45) is 0. The summed E-state index contributed by atoms with van der Waals surface area (Å²) in [5.74, 6) is 1.30. The molecule has 3 heteroatoms. The van der Waals surface area contributed by atoms with Crippen molar-refractivity contribution in [1.29, 1.82) is 5.26 Å². The van der Waals surface area contributed by atoms with Crippen molar-refractivity contribution >= 4 is 11.6 Å². The van der Waals surface area contributed by atoms with Crippen molar-refractivity contribution in [3.8, 4) is 17.6 Å². The van der Waals surface area contributed by atoms with Crippen LogP contribution in [0.4, 0.5) is 0 Å². The Labute approximate surface area is 111 Å². The van der Waals surface area contributed by atoms with Crippen molar-refractivity contribution in [3.05, 3.63) is 59.1 Å². The third-order valence-electron chi connectivity index (χ3n) is 2.60.